The van der Waals surface area contributed by atoms with Gasteiger partial charge in [-0.2, -0.15) is 0 Å². The van der Waals surface area contributed by atoms with Gasteiger partial charge in [0.15, 0.2) is 0 Å². The lowest BCUT2D eigenvalue weighted by molar-refractivity contribution is -0.141. The van der Waals surface area contributed by atoms with Crippen LogP contribution in [0.2, 0.25) is 0 Å². The van der Waals surface area contributed by atoms with Crippen molar-refractivity contribution in [1.29, 1.82) is 0 Å². The molecule has 1 heterocycles. The zero-order valence-corrected chi connectivity index (χ0v) is 12.4. The van der Waals surface area contributed by atoms with E-state index in [0.717, 1.165) is 5.69 Å². The van der Waals surface area contributed by atoms with Gasteiger partial charge in [0.2, 0.25) is 5.89 Å². The Kier molecular flexibility index (Phi) is 4.75. The van der Waals surface area contributed by atoms with Gasteiger partial charge in [0.1, 0.15) is 11.8 Å². The first-order valence-electron chi connectivity index (χ1n) is 6.31. The summed E-state index contributed by atoms with van der Waals surface area (Å²) in [5.41, 5.74) is 0.180. The molecule has 3 N–H and O–H groups in total. The van der Waals surface area contributed by atoms with Crippen LogP contribution >= 0.6 is 0 Å². The Hall–Kier alpha value is -2.05. The molecule has 1 aromatic rings. The molecule has 7 nitrogen and oxygen atoms in total. The first kappa shape index (κ1) is 16.0. The van der Waals surface area contributed by atoms with Crippen LogP contribution in [-0.4, -0.2) is 28.1 Å². The summed E-state index contributed by atoms with van der Waals surface area (Å²) in [5.74, 6) is 0.00792. The molecule has 0 radical (unpaired) electrons. The van der Waals surface area contributed by atoms with E-state index in [2.05, 4.69) is 15.6 Å². The van der Waals surface area contributed by atoms with Crippen LogP contribution in [0.3, 0.4) is 0 Å². The van der Waals surface area contributed by atoms with E-state index in [1.165, 1.54) is 0 Å². The highest BCUT2D eigenvalue weighted by molar-refractivity contribution is 5.83. The fraction of sp³-hybridized carbons (Fsp3) is 0.615. The van der Waals surface area contributed by atoms with Crippen molar-refractivity contribution >= 4 is 12.0 Å². The maximum atomic E-state index is 11.7. The lowest BCUT2D eigenvalue weighted by Gasteiger charge is -2.27. The second-order valence-corrected chi connectivity index (χ2v) is 5.71. The molecule has 112 valence electrons. The SMILES string of the molecule is Cc1nc(CNC(=O)N[C@H](C(=O)O)C(C)(C)C)oc1C. The third kappa shape index (κ3) is 4.25. The molecule has 1 atom stereocenters. The summed E-state index contributed by atoms with van der Waals surface area (Å²) in [5, 5.41) is 14.1. The third-order valence-corrected chi connectivity index (χ3v) is 2.86. The van der Waals surface area contributed by atoms with E-state index in [1.807, 2.05) is 6.92 Å². The minimum absolute atomic E-state index is 0.108. The number of urea groups is 1. The van der Waals surface area contributed by atoms with Crippen molar-refractivity contribution in [3.05, 3.63) is 17.3 Å². The normalized spacial score (nSPS) is 12.8. The third-order valence-electron chi connectivity index (χ3n) is 2.86. The summed E-state index contributed by atoms with van der Waals surface area (Å²) in [6, 6.07) is -1.55. The van der Waals surface area contributed by atoms with E-state index < -0.39 is 23.5 Å². The monoisotopic (exact) mass is 283 g/mol. The average Bonchev–Trinajstić information content (AvgIpc) is 2.61. The van der Waals surface area contributed by atoms with Gasteiger partial charge in [0.05, 0.1) is 12.2 Å². The molecule has 0 saturated carbocycles. The average molecular weight is 283 g/mol. The number of carboxylic acids is 1. The molecule has 1 rings (SSSR count). The number of carboxylic acid groups (broad SMARTS) is 1. The Morgan fingerprint density at radius 1 is 1.35 bits per heavy atom. The molecule has 0 aliphatic rings. The molecule has 0 spiro atoms. The van der Waals surface area contributed by atoms with Crippen molar-refractivity contribution in [2.75, 3.05) is 0 Å². The Balaban J connectivity index is 2.56. The summed E-state index contributed by atoms with van der Waals surface area (Å²) < 4.78 is 5.31. The van der Waals surface area contributed by atoms with E-state index in [-0.39, 0.29) is 6.54 Å². The highest BCUT2D eigenvalue weighted by Crippen LogP contribution is 2.19. The lowest BCUT2D eigenvalue weighted by Crippen LogP contribution is -2.52. The number of carbonyl (C=O) groups excluding carboxylic acids is 1. The summed E-state index contributed by atoms with van der Waals surface area (Å²) in [7, 11) is 0. The number of rotatable bonds is 4. The summed E-state index contributed by atoms with van der Waals surface area (Å²) in [6.07, 6.45) is 0. The zero-order chi connectivity index (χ0) is 15.5. The van der Waals surface area contributed by atoms with E-state index in [4.69, 9.17) is 9.52 Å². The van der Waals surface area contributed by atoms with Crippen molar-refractivity contribution in [3.63, 3.8) is 0 Å². The fourth-order valence-electron chi connectivity index (χ4n) is 1.60. The van der Waals surface area contributed by atoms with Gasteiger partial charge in [-0.05, 0) is 19.3 Å². The second-order valence-electron chi connectivity index (χ2n) is 5.71. The van der Waals surface area contributed by atoms with Crippen LogP contribution in [0.4, 0.5) is 4.79 Å². The molecule has 0 unspecified atom stereocenters. The maximum absolute atomic E-state index is 11.7. The number of hydrogen-bond donors (Lipinski definition) is 3. The van der Waals surface area contributed by atoms with Gasteiger partial charge in [-0.3, -0.25) is 0 Å². The Labute approximate surface area is 117 Å². The van der Waals surface area contributed by atoms with Crippen LogP contribution in [0.5, 0.6) is 0 Å². The van der Waals surface area contributed by atoms with Gasteiger partial charge in [-0.25, -0.2) is 14.6 Å². The van der Waals surface area contributed by atoms with Crippen LogP contribution in [0, 0.1) is 19.3 Å². The quantitative estimate of drug-likeness (QED) is 0.778. The van der Waals surface area contributed by atoms with Crippen LogP contribution in [-0.2, 0) is 11.3 Å². The van der Waals surface area contributed by atoms with E-state index in [9.17, 15) is 9.59 Å². The molecule has 7 heteroatoms. The summed E-state index contributed by atoms with van der Waals surface area (Å²) in [4.78, 5) is 27.0. The zero-order valence-electron chi connectivity index (χ0n) is 12.4. The molecule has 0 aliphatic heterocycles. The largest absolute Gasteiger partial charge is 0.480 e. The van der Waals surface area contributed by atoms with E-state index in [0.29, 0.717) is 11.7 Å². The number of nitrogens with zero attached hydrogens (tertiary/aromatic N) is 1. The smallest absolute Gasteiger partial charge is 0.326 e. The topological polar surface area (TPSA) is 104 Å². The highest BCUT2D eigenvalue weighted by Gasteiger charge is 2.32. The molecule has 1 aromatic heterocycles. The van der Waals surface area contributed by atoms with Gasteiger partial charge in [-0.15, -0.1) is 0 Å². The first-order valence-corrected chi connectivity index (χ1v) is 6.31. The number of aryl methyl sites for hydroxylation is 2. The lowest BCUT2D eigenvalue weighted by atomic mass is 9.87. The van der Waals surface area contributed by atoms with Crippen LogP contribution in [0.1, 0.15) is 38.1 Å². The number of nitrogens with one attached hydrogen (secondary N) is 2. The Morgan fingerprint density at radius 3 is 2.35 bits per heavy atom. The van der Waals surface area contributed by atoms with Gasteiger partial charge in [0.25, 0.3) is 0 Å². The number of carbonyl (C=O) groups is 2. The molecule has 0 aromatic carbocycles. The molecular weight excluding hydrogens is 262 g/mol. The second kappa shape index (κ2) is 5.94. The summed E-state index contributed by atoms with van der Waals surface area (Å²) >= 11 is 0. The molecular formula is C13H21N3O4. The minimum atomic E-state index is -1.07. The van der Waals surface area contributed by atoms with Crippen LogP contribution in [0.15, 0.2) is 4.42 Å². The van der Waals surface area contributed by atoms with Crippen molar-refractivity contribution in [3.8, 4) is 0 Å². The van der Waals surface area contributed by atoms with Gasteiger partial charge < -0.3 is 20.2 Å². The molecule has 0 fully saturated rings. The van der Waals surface area contributed by atoms with Gasteiger partial charge in [-0.1, -0.05) is 20.8 Å². The predicted octanol–water partition coefficient (Wildman–Crippen LogP) is 1.59. The minimum Gasteiger partial charge on any atom is -0.480 e. The number of oxazole rings is 1. The fourth-order valence-corrected chi connectivity index (χ4v) is 1.60. The maximum Gasteiger partial charge on any atom is 0.326 e. The standard InChI is InChI=1S/C13H21N3O4/c1-7-8(2)20-9(15-7)6-14-12(19)16-10(11(17)18)13(3,4)5/h10H,6H2,1-5H3,(H,17,18)(H2,14,16,19)/t10-/m1/s1. The molecule has 20 heavy (non-hydrogen) atoms. The Bertz CT molecular complexity index is 483. The van der Waals surface area contributed by atoms with Crippen molar-refractivity contribution in [1.82, 2.24) is 15.6 Å². The first-order chi connectivity index (χ1) is 9.11. The molecule has 0 saturated heterocycles. The molecule has 2 amide bonds. The van der Waals surface area contributed by atoms with Gasteiger partial charge >= 0.3 is 12.0 Å². The summed E-state index contributed by atoms with van der Waals surface area (Å²) in [6.45, 7) is 8.93. The highest BCUT2D eigenvalue weighted by atomic mass is 16.4. The Morgan fingerprint density at radius 2 is 1.95 bits per heavy atom. The van der Waals surface area contributed by atoms with Crippen LogP contribution in [0.25, 0.3) is 0 Å². The van der Waals surface area contributed by atoms with E-state index >= 15 is 0 Å². The van der Waals surface area contributed by atoms with Crippen molar-refractivity contribution in [2.45, 2.75) is 47.2 Å². The van der Waals surface area contributed by atoms with Crippen molar-refractivity contribution in [2.24, 2.45) is 5.41 Å². The molecule has 0 aliphatic carbocycles. The van der Waals surface area contributed by atoms with E-state index in [1.54, 1.807) is 27.7 Å². The predicted molar refractivity (Wildman–Crippen MR) is 72.2 cm³/mol. The van der Waals surface area contributed by atoms with Crippen LogP contribution < -0.4 is 10.6 Å². The number of aliphatic carboxylic acids is 1. The van der Waals surface area contributed by atoms with Crippen molar-refractivity contribution < 1.29 is 19.1 Å². The number of amides is 2. The molecule has 0 bridgehead atoms. The number of hydrogen-bond acceptors (Lipinski definition) is 4. The van der Waals surface area contributed by atoms with Gasteiger partial charge in [0, 0.05) is 0 Å². The number of aromatic nitrogens is 1.